The van der Waals surface area contributed by atoms with Gasteiger partial charge in [0.2, 0.25) is 0 Å². The van der Waals surface area contributed by atoms with Crippen molar-refractivity contribution in [2.24, 2.45) is 35.5 Å². The molecule has 17 rings (SSSR count). The van der Waals surface area contributed by atoms with E-state index in [4.69, 9.17) is 38.6 Å². The number of allylic oxidation sites excluding steroid dienone is 4. The molecule has 25 heteroatoms. The molecule has 5 aliphatic heterocycles. The average molecular weight is 1280 g/mol. The second kappa shape index (κ2) is 29.1. The zero-order valence-electron chi connectivity index (χ0n) is 53.8. The maximum atomic E-state index is 10.2. The maximum absolute atomic E-state index is 10.2. The lowest BCUT2D eigenvalue weighted by atomic mass is 9.70. The molecule has 0 atom stereocenters. The van der Waals surface area contributed by atoms with Gasteiger partial charge in [-0.3, -0.25) is 4.90 Å². The Morgan fingerprint density at radius 2 is 0.811 bits per heavy atom. The summed E-state index contributed by atoms with van der Waals surface area (Å²) in [7, 11) is -1.80. The van der Waals surface area contributed by atoms with Crippen LogP contribution in [0.25, 0.3) is 66.4 Å². The average Bonchev–Trinajstić information content (AvgIpc) is 1.78. The fourth-order valence-corrected chi connectivity index (χ4v) is 16.6. The van der Waals surface area contributed by atoms with E-state index in [2.05, 4.69) is 63.0 Å². The largest absolute Gasteiger partial charge is 0.552 e. The highest BCUT2D eigenvalue weighted by Crippen LogP contribution is 2.49. The molecule has 21 nitrogen and oxygen atoms in total. The van der Waals surface area contributed by atoms with Gasteiger partial charge < -0.3 is 68.1 Å². The van der Waals surface area contributed by atoms with Crippen LogP contribution in [0.1, 0.15) is 144 Å². The summed E-state index contributed by atoms with van der Waals surface area (Å²) in [5.41, 5.74) is 12.5. The Kier molecular flexibility index (Phi) is 19.7. The third-order valence-corrected chi connectivity index (χ3v) is 21.4. The second-order valence-electron chi connectivity index (χ2n) is 26.8. The van der Waals surface area contributed by atoms with E-state index in [9.17, 15) is 20.1 Å². The minimum absolute atomic E-state index is 0.366. The first-order valence-corrected chi connectivity index (χ1v) is 34.3. The maximum Gasteiger partial charge on any atom is 0.552 e. The third-order valence-electron chi connectivity index (χ3n) is 21.4. The van der Waals surface area contributed by atoms with Gasteiger partial charge in [-0.25, -0.2) is 19.9 Å². The summed E-state index contributed by atoms with van der Waals surface area (Å²) in [5, 5.41) is 62.2. The summed E-state index contributed by atoms with van der Waals surface area (Å²) in [4.78, 5) is 32.7. The van der Waals surface area contributed by atoms with Gasteiger partial charge in [-0.1, -0.05) is 0 Å². The first kappa shape index (κ1) is 64.2. The van der Waals surface area contributed by atoms with E-state index in [0.29, 0.717) is 83.5 Å². The lowest BCUT2D eigenvalue weighted by molar-refractivity contribution is 0.00671. The molecule has 95 heavy (non-hydrogen) atoms. The SMILES string of the molecule is COC1CCC(C2=CB(O)Oc3cnc4[nH]ccc4c32)CC1.N#CCC1CCC(C2=CB(O)Oc3cnc4[nH]ccc4c32)CC1.N#CCCC1CCC(C2=CB(O)Oc3cnc4[nH]ccc4c32)CC1.OB1C=C(C2CCC(N3CCOCC3)CC2)c2c(cnc3[nH]ccc23)O1. The van der Waals surface area contributed by atoms with Crippen molar-refractivity contribution in [3.8, 4) is 35.1 Å². The minimum Gasteiger partial charge on any atom is -0.531 e. The molecule has 4 aliphatic carbocycles. The highest BCUT2D eigenvalue weighted by atomic mass is 16.5. The number of aromatic nitrogens is 8. The first-order chi connectivity index (χ1) is 46.6. The van der Waals surface area contributed by atoms with Crippen LogP contribution < -0.4 is 18.6 Å². The first-order valence-electron chi connectivity index (χ1n) is 34.3. The number of H-pyrrole nitrogens is 4. The Hall–Kier alpha value is -8.12. The van der Waals surface area contributed by atoms with E-state index in [1.165, 1.54) is 35.1 Å². The number of pyridine rings is 4. The fourth-order valence-electron chi connectivity index (χ4n) is 16.6. The Morgan fingerprint density at radius 3 is 1.15 bits per heavy atom. The van der Waals surface area contributed by atoms with Crippen LogP contribution in [0.15, 0.2) is 97.7 Å². The molecule has 0 bridgehead atoms. The number of ether oxygens (including phenoxy) is 2. The van der Waals surface area contributed by atoms with Crippen molar-refractivity contribution in [2.75, 3.05) is 33.4 Å². The van der Waals surface area contributed by atoms with Gasteiger partial charge >= 0.3 is 28.5 Å². The number of hydrogen-bond donors (Lipinski definition) is 8. The van der Waals surface area contributed by atoms with Gasteiger partial charge in [0, 0.05) is 108 Å². The van der Waals surface area contributed by atoms with Crippen LogP contribution in [0.3, 0.4) is 0 Å². The number of morpholine rings is 1. The molecular weight excluding hydrogens is 1200 g/mol. The van der Waals surface area contributed by atoms with E-state index >= 15 is 0 Å². The Balaban J connectivity index is 0.000000109. The number of nitrogens with zero attached hydrogens (tertiary/aromatic N) is 7. The molecule has 0 amide bonds. The topological polar surface area (TPSA) is 302 Å². The van der Waals surface area contributed by atoms with Crippen LogP contribution in [0, 0.1) is 58.2 Å². The summed E-state index contributed by atoms with van der Waals surface area (Å²) in [6.45, 7) is 3.84. The zero-order valence-corrected chi connectivity index (χ0v) is 53.8. The summed E-state index contributed by atoms with van der Waals surface area (Å²) < 4.78 is 33.3. The summed E-state index contributed by atoms with van der Waals surface area (Å²) in [5.74, 6) is 13.0. The Labute approximate surface area is 554 Å². The predicted molar refractivity (Wildman–Crippen MR) is 368 cm³/mol. The van der Waals surface area contributed by atoms with Crippen molar-refractivity contribution in [1.82, 2.24) is 44.8 Å². The molecule has 4 saturated carbocycles. The molecule has 0 aromatic carbocycles. The summed E-state index contributed by atoms with van der Waals surface area (Å²) in [6.07, 6.45) is 34.8. The van der Waals surface area contributed by atoms with E-state index in [1.807, 2.05) is 66.9 Å². The summed E-state index contributed by atoms with van der Waals surface area (Å²) >= 11 is 0. The van der Waals surface area contributed by atoms with Crippen molar-refractivity contribution >= 4 is 94.9 Å². The van der Waals surface area contributed by atoms with Gasteiger partial charge in [0.1, 0.15) is 45.6 Å². The molecule has 5 fully saturated rings. The van der Waals surface area contributed by atoms with E-state index in [1.54, 1.807) is 31.9 Å². The predicted octanol–water partition coefficient (Wildman–Crippen LogP) is 11.4. The van der Waals surface area contributed by atoms with Gasteiger partial charge in [-0.2, -0.15) is 10.5 Å². The fraction of sp³-hybridized carbons (Fsp3) is 0.457. The smallest absolute Gasteiger partial charge is 0.531 e. The van der Waals surface area contributed by atoms with Crippen LogP contribution in [-0.4, -0.2) is 139 Å². The van der Waals surface area contributed by atoms with Crippen LogP contribution >= 0.6 is 0 Å². The van der Waals surface area contributed by atoms with E-state index in [-0.39, 0.29) is 0 Å². The second-order valence-corrected chi connectivity index (χ2v) is 26.8. The van der Waals surface area contributed by atoms with E-state index in [0.717, 1.165) is 189 Å². The van der Waals surface area contributed by atoms with Gasteiger partial charge in [0.05, 0.1) is 56.2 Å². The molecule has 0 unspecified atom stereocenters. The normalized spacial score (nSPS) is 24.8. The quantitative estimate of drug-likeness (QED) is 0.0623. The number of nitrogens with one attached hydrogen (secondary N) is 4. The standard InChI is InChI=1S/C19H24BN3O3.C18H20BN3O2.C17H18BN3O2.C16H19BN2O3/c24-20-11-16(18-15-5-6-21-19(15)22-12-17(18)26-20)13-1-3-14(4-2-13)23-7-9-25-10-8-23;20-8-1-2-12-3-5-13(6-4-12)15-10-19(23)24-16-11-22-18-14(17(15)16)7-9-21-18;19-7-5-11-1-3-12(4-2-11)14-9-18(22)23-15-10-21-17-13(16(14)15)6-8-20-17;1-21-11-4-2-10(3-5-11)13-8-17(20)22-14-9-19-16-12(15(13)14)6-7-18-16/h5-6,11-14,24H,1-4,7-10H2,(H,21,22);7,9-13,23H,1-6H2,(H,21,22);6,8-12,22H,1-5H2,(H,20,21);6-11,20H,2-5H2,1H3,(H,18,19). The van der Waals surface area contributed by atoms with Crippen molar-refractivity contribution in [3.63, 3.8) is 0 Å². The third kappa shape index (κ3) is 13.8. The lowest BCUT2D eigenvalue weighted by Crippen LogP contribution is -2.45. The molecule has 8 N–H and O–H groups in total. The highest BCUT2D eigenvalue weighted by Gasteiger charge is 2.38. The molecule has 488 valence electrons. The van der Waals surface area contributed by atoms with Crippen LogP contribution in [-0.2, 0) is 9.47 Å². The molecule has 0 spiro atoms. The van der Waals surface area contributed by atoms with Crippen molar-refractivity contribution in [2.45, 2.75) is 134 Å². The number of hydrogen-bond acceptors (Lipinski definition) is 17. The van der Waals surface area contributed by atoms with Gasteiger partial charge in [0.25, 0.3) is 0 Å². The van der Waals surface area contributed by atoms with Crippen molar-refractivity contribution in [3.05, 3.63) is 120 Å². The number of methoxy groups -OCH3 is 1. The van der Waals surface area contributed by atoms with Gasteiger partial charge in [-0.05, 0) is 215 Å². The van der Waals surface area contributed by atoms with E-state index < -0.39 is 28.5 Å². The minimum atomic E-state index is -0.910. The van der Waals surface area contributed by atoms with Gasteiger partial charge in [-0.15, -0.1) is 0 Å². The zero-order chi connectivity index (χ0) is 64.9. The summed E-state index contributed by atoms with van der Waals surface area (Å²) in [6, 6.07) is 13.3. The highest BCUT2D eigenvalue weighted by molar-refractivity contribution is 6.54. The number of rotatable bonds is 9. The molecule has 0 radical (unpaired) electrons. The molecule has 9 aliphatic rings. The van der Waals surface area contributed by atoms with Crippen LogP contribution in [0.2, 0.25) is 0 Å². The molecule has 1 saturated heterocycles. The monoisotopic (exact) mass is 1280 g/mol. The number of fused-ring (bicyclic) bond motifs is 12. The molecule has 8 aromatic heterocycles. The number of nitriles is 2. The van der Waals surface area contributed by atoms with Crippen LogP contribution in [0.4, 0.5) is 0 Å². The molecular formula is C70H81B4N11O10. The van der Waals surface area contributed by atoms with Crippen molar-refractivity contribution < 1.29 is 48.2 Å². The Bertz CT molecular complexity index is 4230. The van der Waals surface area contributed by atoms with Crippen LogP contribution in [0.5, 0.6) is 23.0 Å². The lowest BCUT2D eigenvalue weighted by Gasteiger charge is -2.40. The van der Waals surface area contributed by atoms with Gasteiger partial charge in [0.15, 0.2) is 0 Å². The molecule has 8 aromatic rings. The molecule has 13 heterocycles. The number of aromatic amines is 4. The Morgan fingerprint density at radius 1 is 0.474 bits per heavy atom. The van der Waals surface area contributed by atoms with Crippen molar-refractivity contribution in [1.29, 1.82) is 10.5 Å².